The molecule has 3 nitrogen and oxygen atoms in total. The molecule has 0 aliphatic carbocycles. The summed E-state index contributed by atoms with van der Waals surface area (Å²) in [4.78, 5) is 12.0. The molecule has 0 saturated carbocycles. The van der Waals surface area contributed by atoms with E-state index in [4.69, 9.17) is 5.11 Å². The largest absolute Gasteiger partial charge is 0.481 e. The van der Waals surface area contributed by atoms with Crippen LogP contribution < -0.4 is 5.32 Å². The summed E-state index contributed by atoms with van der Waals surface area (Å²) in [6.45, 7) is 1.38. The molecule has 0 spiro atoms. The van der Waals surface area contributed by atoms with Crippen LogP contribution in [0, 0.1) is 5.92 Å². The number of rotatable bonds is 2. The lowest BCUT2D eigenvalue weighted by molar-refractivity contribution is -0.141. The van der Waals surface area contributed by atoms with E-state index in [1.54, 1.807) is 11.3 Å². The van der Waals surface area contributed by atoms with Gasteiger partial charge in [0.05, 0.1) is 5.92 Å². The molecule has 4 heteroatoms. The average Bonchev–Trinajstić information content (AvgIpc) is 2.74. The van der Waals surface area contributed by atoms with Crippen molar-refractivity contribution in [1.29, 1.82) is 0 Å². The highest BCUT2D eigenvalue weighted by Gasteiger charge is 2.34. The molecule has 1 aromatic heterocycles. The molecule has 0 aromatic carbocycles. The first-order valence-corrected chi connectivity index (χ1v) is 5.14. The molecule has 1 fully saturated rings. The van der Waals surface area contributed by atoms with E-state index in [1.165, 1.54) is 4.88 Å². The topological polar surface area (TPSA) is 49.3 Å². The summed E-state index contributed by atoms with van der Waals surface area (Å²) in [6.07, 6.45) is 0. The maximum atomic E-state index is 10.9. The van der Waals surface area contributed by atoms with E-state index in [2.05, 4.69) is 5.32 Å². The van der Waals surface area contributed by atoms with Gasteiger partial charge in [0.25, 0.3) is 0 Å². The van der Waals surface area contributed by atoms with Gasteiger partial charge in [0.15, 0.2) is 0 Å². The fourth-order valence-corrected chi connectivity index (χ4v) is 2.63. The smallest absolute Gasteiger partial charge is 0.308 e. The van der Waals surface area contributed by atoms with E-state index >= 15 is 0 Å². The second-order valence-electron chi connectivity index (χ2n) is 3.22. The predicted molar refractivity (Wildman–Crippen MR) is 51.1 cm³/mol. The van der Waals surface area contributed by atoms with Crippen molar-refractivity contribution in [3.8, 4) is 0 Å². The predicted octanol–water partition coefficient (Wildman–Crippen LogP) is 1.14. The second kappa shape index (κ2) is 3.47. The van der Waals surface area contributed by atoms with Crippen molar-refractivity contribution < 1.29 is 9.90 Å². The average molecular weight is 197 g/mol. The fraction of sp³-hybridized carbons (Fsp3) is 0.444. The Morgan fingerprint density at radius 1 is 1.62 bits per heavy atom. The summed E-state index contributed by atoms with van der Waals surface area (Å²) in [5.74, 6) is -0.778. The summed E-state index contributed by atoms with van der Waals surface area (Å²) in [7, 11) is 0. The molecule has 2 atom stereocenters. The van der Waals surface area contributed by atoms with Crippen LogP contribution in [0.3, 0.4) is 0 Å². The highest BCUT2D eigenvalue weighted by Crippen LogP contribution is 2.31. The zero-order valence-corrected chi connectivity index (χ0v) is 7.88. The molecular weight excluding hydrogens is 186 g/mol. The first-order chi connectivity index (χ1) is 6.29. The molecule has 1 aliphatic heterocycles. The minimum Gasteiger partial charge on any atom is -0.481 e. The van der Waals surface area contributed by atoms with Gasteiger partial charge in [-0.1, -0.05) is 6.07 Å². The van der Waals surface area contributed by atoms with E-state index in [0.29, 0.717) is 6.54 Å². The number of carboxylic acid groups (broad SMARTS) is 1. The van der Waals surface area contributed by atoms with Crippen molar-refractivity contribution in [1.82, 2.24) is 5.32 Å². The lowest BCUT2D eigenvalue weighted by atomic mass is 9.95. The first-order valence-electron chi connectivity index (χ1n) is 4.26. The van der Waals surface area contributed by atoms with Crippen LogP contribution in [-0.2, 0) is 4.79 Å². The molecule has 0 amide bonds. The van der Waals surface area contributed by atoms with Gasteiger partial charge in [-0.25, -0.2) is 0 Å². The Labute approximate surface area is 80.4 Å². The van der Waals surface area contributed by atoms with Crippen LogP contribution in [-0.4, -0.2) is 24.2 Å². The summed E-state index contributed by atoms with van der Waals surface area (Å²) in [5.41, 5.74) is 0. The first kappa shape index (κ1) is 8.72. The minimum absolute atomic E-state index is 0.164. The minimum atomic E-state index is -0.691. The van der Waals surface area contributed by atoms with Crippen molar-refractivity contribution >= 4 is 17.3 Å². The zero-order chi connectivity index (χ0) is 9.26. The van der Waals surface area contributed by atoms with Gasteiger partial charge in [0, 0.05) is 23.9 Å². The van der Waals surface area contributed by atoms with Crippen LogP contribution in [0.2, 0.25) is 0 Å². The van der Waals surface area contributed by atoms with Crippen LogP contribution in [0.25, 0.3) is 0 Å². The van der Waals surface area contributed by atoms with Crippen molar-refractivity contribution in [3.63, 3.8) is 0 Å². The van der Waals surface area contributed by atoms with E-state index in [0.717, 1.165) is 6.54 Å². The Hall–Kier alpha value is -0.870. The highest BCUT2D eigenvalue weighted by atomic mass is 32.1. The third-order valence-electron chi connectivity index (χ3n) is 2.44. The van der Waals surface area contributed by atoms with Crippen molar-refractivity contribution in [2.75, 3.05) is 13.1 Å². The van der Waals surface area contributed by atoms with Crippen LogP contribution >= 0.6 is 11.3 Å². The third-order valence-corrected chi connectivity index (χ3v) is 3.44. The zero-order valence-electron chi connectivity index (χ0n) is 7.06. The number of carboxylic acids is 1. The molecule has 0 radical (unpaired) electrons. The van der Waals surface area contributed by atoms with Crippen LogP contribution in [0.1, 0.15) is 10.8 Å². The van der Waals surface area contributed by atoms with Gasteiger partial charge in [-0.2, -0.15) is 0 Å². The van der Waals surface area contributed by atoms with Gasteiger partial charge in [-0.15, -0.1) is 11.3 Å². The Kier molecular flexibility index (Phi) is 2.33. The number of hydrogen-bond acceptors (Lipinski definition) is 3. The van der Waals surface area contributed by atoms with E-state index in [-0.39, 0.29) is 11.8 Å². The highest BCUT2D eigenvalue weighted by molar-refractivity contribution is 7.10. The molecule has 2 rings (SSSR count). The molecule has 13 heavy (non-hydrogen) atoms. The van der Waals surface area contributed by atoms with Crippen molar-refractivity contribution in [2.45, 2.75) is 5.92 Å². The van der Waals surface area contributed by atoms with E-state index in [9.17, 15) is 4.79 Å². The van der Waals surface area contributed by atoms with Gasteiger partial charge in [-0.3, -0.25) is 4.79 Å². The van der Waals surface area contributed by atoms with E-state index < -0.39 is 5.97 Å². The molecule has 2 heterocycles. The Morgan fingerprint density at radius 2 is 2.46 bits per heavy atom. The normalized spacial score (nSPS) is 27.7. The van der Waals surface area contributed by atoms with Gasteiger partial charge in [0.1, 0.15) is 0 Å². The number of carbonyl (C=O) groups is 1. The fourth-order valence-electron chi connectivity index (χ4n) is 1.74. The molecule has 1 aromatic rings. The lowest BCUT2D eigenvalue weighted by Crippen LogP contribution is -2.20. The summed E-state index contributed by atoms with van der Waals surface area (Å²) in [6, 6.07) is 3.98. The van der Waals surface area contributed by atoms with Gasteiger partial charge in [0.2, 0.25) is 0 Å². The maximum Gasteiger partial charge on any atom is 0.308 e. The Balaban J connectivity index is 2.19. The van der Waals surface area contributed by atoms with E-state index in [1.807, 2.05) is 17.5 Å². The van der Waals surface area contributed by atoms with Crippen molar-refractivity contribution in [2.24, 2.45) is 5.92 Å². The molecule has 0 bridgehead atoms. The SMILES string of the molecule is O=C(O)[C@H]1CNC[C@H]1c1cccs1. The molecule has 1 saturated heterocycles. The number of aliphatic carboxylic acids is 1. The maximum absolute atomic E-state index is 10.9. The molecule has 0 unspecified atom stereocenters. The standard InChI is InChI=1S/C9H11NO2S/c11-9(12)7-5-10-4-6(7)8-2-1-3-13-8/h1-3,6-7,10H,4-5H2,(H,11,12)/t6-,7+/m1/s1. The van der Waals surface area contributed by atoms with Crippen LogP contribution in [0.4, 0.5) is 0 Å². The van der Waals surface area contributed by atoms with Gasteiger partial charge < -0.3 is 10.4 Å². The van der Waals surface area contributed by atoms with Crippen LogP contribution in [0.5, 0.6) is 0 Å². The summed E-state index contributed by atoms with van der Waals surface area (Å²) >= 11 is 1.64. The number of thiophene rings is 1. The summed E-state index contributed by atoms with van der Waals surface area (Å²) < 4.78 is 0. The Morgan fingerprint density at radius 3 is 3.08 bits per heavy atom. The molecule has 70 valence electrons. The monoisotopic (exact) mass is 197 g/mol. The molecule has 2 N–H and O–H groups in total. The van der Waals surface area contributed by atoms with Gasteiger partial charge in [-0.05, 0) is 11.4 Å². The van der Waals surface area contributed by atoms with Crippen molar-refractivity contribution in [3.05, 3.63) is 22.4 Å². The molecule has 1 aliphatic rings. The number of nitrogens with one attached hydrogen (secondary N) is 1. The summed E-state index contributed by atoms with van der Waals surface area (Å²) in [5, 5.41) is 14.1. The number of hydrogen-bond donors (Lipinski definition) is 2. The lowest BCUT2D eigenvalue weighted by Gasteiger charge is -2.11. The molecular formula is C9H11NO2S. The quantitative estimate of drug-likeness (QED) is 0.747. The van der Waals surface area contributed by atoms with Gasteiger partial charge >= 0.3 is 5.97 Å². The van der Waals surface area contributed by atoms with Crippen LogP contribution in [0.15, 0.2) is 17.5 Å². The second-order valence-corrected chi connectivity index (χ2v) is 4.20. The Bertz CT molecular complexity index is 297. The third kappa shape index (κ3) is 1.59.